The third-order valence-corrected chi connectivity index (χ3v) is 6.02. The second-order valence-corrected chi connectivity index (χ2v) is 8.54. The Balaban J connectivity index is 1.51. The quantitative estimate of drug-likeness (QED) is 0.486. The van der Waals surface area contributed by atoms with Gasteiger partial charge in [-0.25, -0.2) is 13.2 Å². The van der Waals surface area contributed by atoms with Gasteiger partial charge in [0.15, 0.2) is 11.6 Å². The van der Waals surface area contributed by atoms with Crippen molar-refractivity contribution in [3.8, 4) is 0 Å². The molecule has 0 saturated carbocycles. The van der Waals surface area contributed by atoms with Crippen LogP contribution in [0.1, 0.15) is 33.7 Å². The minimum Gasteiger partial charge on any atom is -0.380 e. The standard InChI is InChI=1S/C25H25F3N6O2/c1-33-7-6-23(35)34(9-8-33)17-3-2-15(30-12-17)10-16-11-22(19(14-31-16)25(29)36)32-13-18-20(26)4-5-21(27)24(18)28/h2-5,11-12,14H,6-10,13H2,1H3,(H2,29,36)(H,31,32). The largest absolute Gasteiger partial charge is 0.380 e. The first-order valence-corrected chi connectivity index (χ1v) is 11.3. The van der Waals surface area contributed by atoms with Crippen molar-refractivity contribution in [2.45, 2.75) is 19.4 Å². The average molecular weight is 499 g/mol. The lowest BCUT2D eigenvalue weighted by atomic mass is 10.1. The Morgan fingerprint density at radius 1 is 1.03 bits per heavy atom. The van der Waals surface area contributed by atoms with Crippen molar-refractivity contribution in [1.29, 1.82) is 0 Å². The molecule has 11 heteroatoms. The number of hydrogen-bond donors (Lipinski definition) is 2. The van der Waals surface area contributed by atoms with Crippen LogP contribution in [-0.2, 0) is 17.8 Å². The molecule has 3 aromatic rings. The van der Waals surface area contributed by atoms with Gasteiger partial charge in [0, 0.05) is 62.2 Å². The average Bonchev–Trinajstić information content (AvgIpc) is 3.02. The first-order valence-electron chi connectivity index (χ1n) is 11.3. The van der Waals surface area contributed by atoms with E-state index in [0.717, 1.165) is 12.6 Å². The molecule has 1 aromatic carbocycles. The van der Waals surface area contributed by atoms with Crippen LogP contribution in [0.3, 0.4) is 0 Å². The van der Waals surface area contributed by atoms with Crippen molar-refractivity contribution < 1.29 is 22.8 Å². The third-order valence-electron chi connectivity index (χ3n) is 6.02. The highest BCUT2D eigenvalue weighted by molar-refractivity contribution is 5.98. The van der Waals surface area contributed by atoms with Gasteiger partial charge in [0.2, 0.25) is 5.91 Å². The molecule has 0 unspecified atom stereocenters. The van der Waals surface area contributed by atoms with E-state index in [9.17, 15) is 22.8 Å². The molecule has 3 heterocycles. The fourth-order valence-corrected chi connectivity index (χ4v) is 3.92. The molecule has 4 rings (SSSR count). The van der Waals surface area contributed by atoms with E-state index in [0.29, 0.717) is 42.7 Å². The summed E-state index contributed by atoms with van der Waals surface area (Å²) in [5.74, 6) is -4.15. The number of aromatic nitrogens is 2. The SMILES string of the molecule is CN1CCC(=O)N(c2ccc(Cc3cc(NCc4c(F)ccc(F)c4F)c(C(N)=O)cn3)nc2)CC1. The van der Waals surface area contributed by atoms with Crippen LogP contribution in [0.2, 0.25) is 0 Å². The van der Waals surface area contributed by atoms with Crippen LogP contribution < -0.4 is 16.0 Å². The molecule has 1 aliphatic heterocycles. The lowest BCUT2D eigenvalue weighted by molar-refractivity contribution is -0.118. The van der Waals surface area contributed by atoms with Gasteiger partial charge < -0.3 is 20.9 Å². The number of rotatable bonds is 7. The lowest BCUT2D eigenvalue weighted by Gasteiger charge is -2.20. The number of likely N-dealkylation sites (N-methyl/N-ethyl adjacent to an activating group) is 1. The van der Waals surface area contributed by atoms with Gasteiger partial charge in [-0.3, -0.25) is 19.6 Å². The smallest absolute Gasteiger partial charge is 0.252 e. The number of amides is 2. The molecule has 188 valence electrons. The summed E-state index contributed by atoms with van der Waals surface area (Å²) in [7, 11) is 1.98. The highest BCUT2D eigenvalue weighted by Gasteiger charge is 2.21. The first-order chi connectivity index (χ1) is 17.2. The number of pyridine rings is 2. The number of hydrogen-bond acceptors (Lipinski definition) is 6. The number of primary amides is 1. The molecule has 1 fully saturated rings. The van der Waals surface area contributed by atoms with E-state index in [1.54, 1.807) is 17.2 Å². The Bertz CT molecular complexity index is 1290. The van der Waals surface area contributed by atoms with Gasteiger partial charge in [-0.1, -0.05) is 0 Å². The molecule has 0 radical (unpaired) electrons. The number of halogens is 3. The summed E-state index contributed by atoms with van der Waals surface area (Å²) in [6, 6.07) is 6.66. The third kappa shape index (κ3) is 5.62. The highest BCUT2D eigenvalue weighted by atomic mass is 19.2. The highest BCUT2D eigenvalue weighted by Crippen LogP contribution is 2.22. The Morgan fingerprint density at radius 3 is 2.50 bits per heavy atom. The number of carbonyl (C=O) groups excluding carboxylic acids is 2. The Hall–Kier alpha value is -3.99. The Labute approximate surface area is 205 Å². The summed E-state index contributed by atoms with van der Waals surface area (Å²) in [5, 5.41) is 2.76. The number of nitrogens with one attached hydrogen (secondary N) is 1. The van der Waals surface area contributed by atoms with E-state index in [-0.39, 0.29) is 23.6 Å². The second kappa shape index (κ2) is 10.7. The van der Waals surface area contributed by atoms with Crippen LogP contribution in [0.25, 0.3) is 0 Å². The summed E-state index contributed by atoms with van der Waals surface area (Å²) in [6.07, 6.45) is 3.62. The van der Waals surface area contributed by atoms with Crippen LogP contribution in [-0.4, -0.2) is 53.4 Å². The molecular weight excluding hydrogens is 473 g/mol. The molecule has 3 N–H and O–H groups in total. The Morgan fingerprint density at radius 2 is 1.78 bits per heavy atom. The molecule has 0 spiro atoms. The molecule has 2 amide bonds. The zero-order chi connectivity index (χ0) is 25.8. The molecule has 0 aliphatic carbocycles. The fraction of sp³-hybridized carbons (Fsp3) is 0.280. The van der Waals surface area contributed by atoms with E-state index in [1.165, 1.54) is 12.3 Å². The maximum Gasteiger partial charge on any atom is 0.252 e. The van der Waals surface area contributed by atoms with Crippen molar-refractivity contribution >= 4 is 23.2 Å². The van der Waals surface area contributed by atoms with Crippen molar-refractivity contribution in [2.75, 3.05) is 36.9 Å². The monoisotopic (exact) mass is 498 g/mol. The van der Waals surface area contributed by atoms with E-state index in [4.69, 9.17) is 5.73 Å². The zero-order valence-corrected chi connectivity index (χ0v) is 19.6. The number of benzene rings is 1. The van der Waals surface area contributed by atoms with Crippen LogP contribution in [0, 0.1) is 17.5 Å². The number of anilines is 2. The first kappa shape index (κ1) is 25.1. The van der Waals surface area contributed by atoms with Crippen molar-refractivity contribution in [3.63, 3.8) is 0 Å². The van der Waals surface area contributed by atoms with Gasteiger partial charge in [-0.05, 0) is 37.4 Å². The van der Waals surface area contributed by atoms with Crippen LogP contribution >= 0.6 is 0 Å². The van der Waals surface area contributed by atoms with Gasteiger partial charge in [0.05, 0.1) is 23.1 Å². The molecular formula is C25H25F3N6O2. The van der Waals surface area contributed by atoms with Crippen LogP contribution in [0.5, 0.6) is 0 Å². The molecule has 0 atom stereocenters. The molecule has 0 bridgehead atoms. The van der Waals surface area contributed by atoms with E-state index < -0.39 is 35.5 Å². The van der Waals surface area contributed by atoms with Crippen LogP contribution in [0.4, 0.5) is 24.5 Å². The normalized spacial score (nSPS) is 14.6. The minimum atomic E-state index is -1.31. The predicted molar refractivity (Wildman–Crippen MR) is 128 cm³/mol. The molecule has 2 aromatic heterocycles. The van der Waals surface area contributed by atoms with Gasteiger partial charge in [0.25, 0.3) is 5.91 Å². The maximum absolute atomic E-state index is 14.0. The van der Waals surface area contributed by atoms with Crippen molar-refractivity contribution in [2.24, 2.45) is 5.73 Å². The number of nitrogens with zero attached hydrogens (tertiary/aromatic N) is 4. The molecule has 1 saturated heterocycles. The van der Waals surface area contributed by atoms with Crippen molar-refractivity contribution in [3.05, 3.63) is 82.7 Å². The van der Waals surface area contributed by atoms with Crippen molar-refractivity contribution in [1.82, 2.24) is 14.9 Å². The lowest BCUT2D eigenvalue weighted by Crippen LogP contribution is -2.32. The van der Waals surface area contributed by atoms with Crippen LogP contribution in [0.15, 0.2) is 42.7 Å². The topological polar surface area (TPSA) is 104 Å². The summed E-state index contributed by atoms with van der Waals surface area (Å²) < 4.78 is 41.6. The summed E-state index contributed by atoms with van der Waals surface area (Å²) in [4.78, 5) is 36.8. The Kier molecular flexibility index (Phi) is 7.49. The second-order valence-electron chi connectivity index (χ2n) is 8.54. The summed E-state index contributed by atoms with van der Waals surface area (Å²) in [5.41, 5.74) is 7.00. The maximum atomic E-state index is 14.0. The van der Waals surface area contributed by atoms with E-state index in [1.807, 2.05) is 13.1 Å². The summed E-state index contributed by atoms with van der Waals surface area (Å²) in [6.45, 7) is 1.64. The van der Waals surface area contributed by atoms with Gasteiger partial charge in [0.1, 0.15) is 5.82 Å². The fourth-order valence-electron chi connectivity index (χ4n) is 3.92. The van der Waals surface area contributed by atoms with E-state index >= 15 is 0 Å². The molecule has 36 heavy (non-hydrogen) atoms. The van der Waals surface area contributed by atoms with Gasteiger partial charge >= 0.3 is 0 Å². The van der Waals surface area contributed by atoms with Gasteiger partial charge in [-0.15, -0.1) is 0 Å². The molecule has 8 nitrogen and oxygen atoms in total. The predicted octanol–water partition coefficient (Wildman–Crippen LogP) is 2.86. The number of nitrogens with two attached hydrogens (primary N) is 1. The zero-order valence-electron chi connectivity index (χ0n) is 19.6. The minimum absolute atomic E-state index is 0.0175. The van der Waals surface area contributed by atoms with Gasteiger partial charge in [-0.2, -0.15) is 0 Å². The van der Waals surface area contributed by atoms with E-state index in [2.05, 4.69) is 20.2 Å². The molecule has 1 aliphatic rings. The number of carbonyl (C=O) groups is 2. The summed E-state index contributed by atoms with van der Waals surface area (Å²) >= 11 is 0.